The van der Waals surface area contributed by atoms with E-state index in [1.165, 1.54) is 5.56 Å². The van der Waals surface area contributed by atoms with E-state index in [-0.39, 0.29) is 11.7 Å². The van der Waals surface area contributed by atoms with Crippen LogP contribution in [0.3, 0.4) is 0 Å². The number of hydrogen-bond acceptors (Lipinski definition) is 2. The first-order valence-electron chi connectivity index (χ1n) is 8.22. The Hall–Kier alpha value is -2.49. The molecule has 0 aliphatic rings. The molecule has 0 fully saturated rings. The number of nitrogens with zero attached hydrogens (tertiary/aromatic N) is 3. The van der Waals surface area contributed by atoms with E-state index in [0.717, 1.165) is 22.4 Å². The van der Waals surface area contributed by atoms with Crippen LogP contribution in [0.15, 0.2) is 48.7 Å². The van der Waals surface area contributed by atoms with Crippen molar-refractivity contribution in [1.82, 2.24) is 15.0 Å². The van der Waals surface area contributed by atoms with Gasteiger partial charge in [-0.1, -0.05) is 48.5 Å². The van der Waals surface area contributed by atoms with Crippen molar-refractivity contribution in [2.75, 3.05) is 0 Å². The first-order valence-corrected chi connectivity index (χ1v) is 8.22. The normalized spacial score (nSPS) is 12.3. The van der Waals surface area contributed by atoms with Crippen LogP contribution in [0.4, 0.5) is 4.39 Å². The summed E-state index contributed by atoms with van der Waals surface area (Å²) >= 11 is 0. The van der Waals surface area contributed by atoms with Gasteiger partial charge in [0.1, 0.15) is 5.82 Å². The summed E-state index contributed by atoms with van der Waals surface area (Å²) in [6.45, 7) is 6.70. The molecule has 0 amide bonds. The second-order valence-electron chi connectivity index (χ2n) is 6.46. The van der Waals surface area contributed by atoms with E-state index in [1.807, 2.05) is 49.0 Å². The van der Waals surface area contributed by atoms with Crippen molar-refractivity contribution in [1.29, 1.82) is 0 Å². The SMILES string of the molecule is Cc1cc(F)c(CC(C)c2cn(Cc3ccccc3)nn2)cc1C. The van der Waals surface area contributed by atoms with Crippen LogP contribution in [-0.2, 0) is 13.0 Å². The van der Waals surface area contributed by atoms with Crippen molar-refractivity contribution in [2.24, 2.45) is 0 Å². The molecule has 0 N–H and O–H groups in total. The zero-order chi connectivity index (χ0) is 17.1. The van der Waals surface area contributed by atoms with Gasteiger partial charge in [0, 0.05) is 12.1 Å². The average molecular weight is 323 g/mol. The Balaban J connectivity index is 1.72. The highest BCUT2D eigenvalue weighted by molar-refractivity contribution is 5.32. The third-order valence-electron chi connectivity index (χ3n) is 4.44. The van der Waals surface area contributed by atoms with Crippen molar-refractivity contribution >= 4 is 0 Å². The molecule has 0 saturated heterocycles. The van der Waals surface area contributed by atoms with Gasteiger partial charge in [-0.2, -0.15) is 0 Å². The van der Waals surface area contributed by atoms with Gasteiger partial charge in [-0.25, -0.2) is 9.07 Å². The predicted octanol–water partition coefficient (Wildman–Crippen LogP) is 4.43. The molecule has 0 radical (unpaired) electrons. The van der Waals surface area contributed by atoms with E-state index in [2.05, 4.69) is 29.4 Å². The topological polar surface area (TPSA) is 30.7 Å². The van der Waals surface area contributed by atoms with Crippen LogP contribution < -0.4 is 0 Å². The molecule has 2 aromatic carbocycles. The molecule has 24 heavy (non-hydrogen) atoms. The molecule has 0 aliphatic heterocycles. The van der Waals surface area contributed by atoms with Crippen molar-refractivity contribution in [3.8, 4) is 0 Å². The van der Waals surface area contributed by atoms with E-state index in [1.54, 1.807) is 6.07 Å². The molecule has 3 rings (SSSR count). The number of rotatable bonds is 5. The van der Waals surface area contributed by atoms with Crippen LogP contribution in [0.1, 0.15) is 40.8 Å². The average Bonchev–Trinajstić information content (AvgIpc) is 3.02. The quantitative estimate of drug-likeness (QED) is 0.695. The third-order valence-corrected chi connectivity index (χ3v) is 4.44. The molecular weight excluding hydrogens is 301 g/mol. The summed E-state index contributed by atoms with van der Waals surface area (Å²) < 4.78 is 16.0. The fourth-order valence-corrected chi connectivity index (χ4v) is 2.82. The lowest BCUT2D eigenvalue weighted by atomic mass is 9.95. The number of aryl methyl sites for hydroxylation is 2. The van der Waals surface area contributed by atoms with Crippen LogP contribution in [0.2, 0.25) is 0 Å². The maximum absolute atomic E-state index is 14.2. The molecule has 1 atom stereocenters. The third kappa shape index (κ3) is 3.70. The Bertz CT molecular complexity index is 824. The van der Waals surface area contributed by atoms with E-state index >= 15 is 0 Å². The van der Waals surface area contributed by atoms with E-state index in [4.69, 9.17) is 0 Å². The number of hydrogen-bond donors (Lipinski definition) is 0. The zero-order valence-corrected chi connectivity index (χ0v) is 14.3. The molecule has 0 spiro atoms. The van der Waals surface area contributed by atoms with Crippen LogP contribution in [-0.4, -0.2) is 15.0 Å². The maximum atomic E-state index is 14.2. The van der Waals surface area contributed by atoms with Gasteiger partial charge in [0.25, 0.3) is 0 Å². The molecule has 1 aromatic heterocycles. The Kier molecular flexibility index (Phi) is 4.74. The smallest absolute Gasteiger partial charge is 0.126 e. The Morgan fingerprint density at radius 1 is 1.08 bits per heavy atom. The molecule has 4 heteroatoms. The van der Waals surface area contributed by atoms with Gasteiger partial charge in [0.15, 0.2) is 0 Å². The first-order chi connectivity index (χ1) is 11.5. The summed E-state index contributed by atoms with van der Waals surface area (Å²) in [5.41, 5.74) is 4.91. The highest BCUT2D eigenvalue weighted by atomic mass is 19.1. The predicted molar refractivity (Wildman–Crippen MR) is 93.6 cm³/mol. The monoisotopic (exact) mass is 323 g/mol. The van der Waals surface area contributed by atoms with Gasteiger partial charge in [0.2, 0.25) is 0 Å². The molecule has 124 valence electrons. The van der Waals surface area contributed by atoms with Gasteiger partial charge in [0.05, 0.1) is 12.2 Å². The van der Waals surface area contributed by atoms with Gasteiger partial charge < -0.3 is 0 Å². The standard InChI is InChI=1S/C20H22FN3/c1-14-9-18(19(21)11-15(14)2)10-16(3)20-13-24(23-22-20)12-17-7-5-4-6-8-17/h4-9,11,13,16H,10,12H2,1-3H3. The number of benzene rings is 2. The molecule has 1 unspecified atom stereocenters. The summed E-state index contributed by atoms with van der Waals surface area (Å²) in [6.07, 6.45) is 2.58. The molecule has 3 aromatic rings. The minimum Gasteiger partial charge on any atom is -0.248 e. The largest absolute Gasteiger partial charge is 0.248 e. The zero-order valence-electron chi connectivity index (χ0n) is 14.3. The van der Waals surface area contributed by atoms with Crippen molar-refractivity contribution in [2.45, 2.75) is 39.7 Å². The summed E-state index contributed by atoms with van der Waals surface area (Å²) in [5.74, 6) is -0.0206. The lowest BCUT2D eigenvalue weighted by Gasteiger charge is -2.11. The van der Waals surface area contributed by atoms with Gasteiger partial charge >= 0.3 is 0 Å². The summed E-state index contributed by atoms with van der Waals surface area (Å²) in [6, 6.07) is 13.7. The molecule has 0 saturated carbocycles. The Labute approximate surface area is 142 Å². The highest BCUT2D eigenvalue weighted by Crippen LogP contribution is 2.22. The number of aromatic nitrogens is 3. The van der Waals surface area contributed by atoms with Gasteiger partial charge in [-0.05, 0) is 48.6 Å². The summed E-state index contributed by atoms with van der Waals surface area (Å²) in [7, 11) is 0. The summed E-state index contributed by atoms with van der Waals surface area (Å²) in [5, 5.41) is 8.47. The van der Waals surface area contributed by atoms with Crippen LogP contribution >= 0.6 is 0 Å². The Morgan fingerprint density at radius 3 is 2.54 bits per heavy atom. The molecule has 0 bridgehead atoms. The second-order valence-corrected chi connectivity index (χ2v) is 6.46. The van der Waals surface area contributed by atoms with Gasteiger partial charge in [-0.15, -0.1) is 5.10 Å². The molecular formula is C20H22FN3. The Morgan fingerprint density at radius 2 is 1.79 bits per heavy atom. The molecule has 3 nitrogen and oxygen atoms in total. The maximum Gasteiger partial charge on any atom is 0.126 e. The van der Waals surface area contributed by atoms with Crippen molar-refractivity contribution in [3.63, 3.8) is 0 Å². The summed E-state index contributed by atoms with van der Waals surface area (Å²) in [4.78, 5) is 0. The molecule has 0 aliphatic carbocycles. The lowest BCUT2D eigenvalue weighted by Crippen LogP contribution is -2.03. The van der Waals surface area contributed by atoms with Crippen molar-refractivity contribution in [3.05, 3.63) is 82.4 Å². The highest BCUT2D eigenvalue weighted by Gasteiger charge is 2.14. The first kappa shape index (κ1) is 16.4. The van der Waals surface area contributed by atoms with Crippen LogP contribution in [0.5, 0.6) is 0 Å². The van der Waals surface area contributed by atoms with E-state index < -0.39 is 0 Å². The fraction of sp³-hybridized carbons (Fsp3) is 0.300. The van der Waals surface area contributed by atoms with Gasteiger partial charge in [-0.3, -0.25) is 0 Å². The minimum atomic E-state index is -0.137. The molecule has 1 heterocycles. The van der Waals surface area contributed by atoms with Crippen molar-refractivity contribution < 1.29 is 4.39 Å². The minimum absolute atomic E-state index is 0.117. The van der Waals surface area contributed by atoms with Crippen LogP contribution in [0.25, 0.3) is 0 Å². The van der Waals surface area contributed by atoms with E-state index in [9.17, 15) is 4.39 Å². The number of halogens is 1. The second kappa shape index (κ2) is 6.95. The fourth-order valence-electron chi connectivity index (χ4n) is 2.82. The van der Waals surface area contributed by atoms with Crippen LogP contribution in [0, 0.1) is 19.7 Å². The van der Waals surface area contributed by atoms with E-state index in [0.29, 0.717) is 13.0 Å². The lowest BCUT2D eigenvalue weighted by molar-refractivity contribution is 0.593.